The third-order valence-corrected chi connectivity index (χ3v) is 3.96. The van der Waals surface area contributed by atoms with Crippen LogP contribution in [-0.2, 0) is 5.88 Å². The van der Waals surface area contributed by atoms with Crippen LogP contribution in [0.25, 0.3) is 0 Å². The van der Waals surface area contributed by atoms with E-state index in [2.05, 4.69) is 10.9 Å². The van der Waals surface area contributed by atoms with Crippen LogP contribution in [0.3, 0.4) is 0 Å². The van der Waals surface area contributed by atoms with E-state index in [0.717, 1.165) is 30.6 Å². The van der Waals surface area contributed by atoms with E-state index in [9.17, 15) is 4.79 Å². The fraction of sp³-hybridized carbons (Fsp3) is 0.500. The van der Waals surface area contributed by atoms with Gasteiger partial charge in [-0.1, -0.05) is 12.1 Å². The zero-order chi connectivity index (χ0) is 14.5. The smallest absolute Gasteiger partial charge is 0.253 e. The molecular formula is C14H22Cl2N4O. The zero-order valence-corrected chi connectivity index (χ0v) is 13.9. The van der Waals surface area contributed by atoms with Crippen molar-refractivity contribution in [1.82, 2.24) is 20.9 Å². The van der Waals surface area contributed by atoms with Crippen LogP contribution in [0.15, 0.2) is 24.3 Å². The van der Waals surface area contributed by atoms with Crippen molar-refractivity contribution in [1.29, 1.82) is 0 Å². The lowest BCUT2D eigenvalue weighted by molar-refractivity contribution is 0.0694. The van der Waals surface area contributed by atoms with Crippen LogP contribution in [0.4, 0.5) is 0 Å². The van der Waals surface area contributed by atoms with Gasteiger partial charge < -0.3 is 4.90 Å². The van der Waals surface area contributed by atoms with E-state index in [0.29, 0.717) is 5.88 Å². The fourth-order valence-electron chi connectivity index (χ4n) is 2.53. The van der Waals surface area contributed by atoms with Crippen molar-refractivity contribution < 1.29 is 4.79 Å². The second-order valence-corrected chi connectivity index (χ2v) is 5.11. The van der Waals surface area contributed by atoms with Crippen LogP contribution in [0.5, 0.6) is 0 Å². The Bertz CT molecular complexity index is 451. The summed E-state index contributed by atoms with van der Waals surface area (Å²) in [6.07, 6.45) is 0.952. The third-order valence-electron chi connectivity index (χ3n) is 3.65. The minimum absolute atomic E-state index is 0. The number of rotatable bonds is 5. The number of hydrazine groups is 2. The Morgan fingerprint density at radius 2 is 1.95 bits per heavy atom. The van der Waals surface area contributed by atoms with Gasteiger partial charge in [0.15, 0.2) is 0 Å². The van der Waals surface area contributed by atoms with E-state index < -0.39 is 0 Å². The highest BCUT2D eigenvalue weighted by atomic mass is 35.5. The first-order valence-electron chi connectivity index (χ1n) is 6.77. The lowest BCUT2D eigenvalue weighted by Gasteiger charge is -2.26. The summed E-state index contributed by atoms with van der Waals surface area (Å²) >= 11 is 5.76. The molecule has 0 spiro atoms. The van der Waals surface area contributed by atoms with E-state index in [1.54, 1.807) is 0 Å². The SMILES string of the molecule is CNN(NC)C1CCN(C(=O)c2ccc(CCl)cc2)C1.Cl. The highest BCUT2D eigenvalue weighted by Gasteiger charge is 2.30. The summed E-state index contributed by atoms with van der Waals surface area (Å²) in [5, 5.41) is 1.93. The summed E-state index contributed by atoms with van der Waals surface area (Å²) in [6.45, 7) is 1.50. The highest BCUT2D eigenvalue weighted by Crippen LogP contribution is 2.17. The summed E-state index contributed by atoms with van der Waals surface area (Å²) in [5.41, 5.74) is 7.90. The van der Waals surface area contributed by atoms with E-state index in [1.807, 2.05) is 48.4 Å². The van der Waals surface area contributed by atoms with Crippen LogP contribution in [-0.4, -0.2) is 49.2 Å². The lowest BCUT2D eigenvalue weighted by Crippen LogP contribution is -2.52. The van der Waals surface area contributed by atoms with Gasteiger partial charge in [0.05, 0.1) is 6.04 Å². The quantitative estimate of drug-likeness (QED) is 0.635. The molecule has 2 N–H and O–H groups in total. The number of nitrogens with one attached hydrogen (secondary N) is 2. The standard InChI is InChI=1S/C14H21ClN4O.ClH/c1-16-19(17-2)13-7-8-18(10-13)14(20)12-5-3-11(9-15)4-6-12;/h3-6,13,16-17H,7-10H2,1-2H3;1H. The average Bonchev–Trinajstić information content (AvgIpc) is 2.97. The molecular weight excluding hydrogens is 311 g/mol. The number of alkyl halides is 1. The van der Waals surface area contributed by atoms with E-state index in [4.69, 9.17) is 11.6 Å². The molecule has 1 aliphatic heterocycles. The van der Waals surface area contributed by atoms with E-state index >= 15 is 0 Å². The number of hydrogen-bond acceptors (Lipinski definition) is 4. The maximum absolute atomic E-state index is 12.4. The predicted molar refractivity (Wildman–Crippen MR) is 87.5 cm³/mol. The van der Waals surface area contributed by atoms with Crippen molar-refractivity contribution in [3.63, 3.8) is 0 Å². The molecule has 1 amide bonds. The second-order valence-electron chi connectivity index (χ2n) is 4.84. The topological polar surface area (TPSA) is 47.6 Å². The van der Waals surface area contributed by atoms with Crippen LogP contribution >= 0.6 is 24.0 Å². The van der Waals surface area contributed by atoms with Crippen molar-refractivity contribution >= 4 is 29.9 Å². The fourth-order valence-corrected chi connectivity index (χ4v) is 2.71. The van der Waals surface area contributed by atoms with Gasteiger partial charge in [0.1, 0.15) is 0 Å². The van der Waals surface area contributed by atoms with Crippen LogP contribution in [0.1, 0.15) is 22.3 Å². The Labute approximate surface area is 137 Å². The number of halogens is 2. The minimum Gasteiger partial charge on any atom is -0.337 e. The largest absolute Gasteiger partial charge is 0.337 e. The summed E-state index contributed by atoms with van der Waals surface area (Å²) in [7, 11) is 3.73. The van der Waals surface area contributed by atoms with Gasteiger partial charge in [-0.05, 0) is 24.1 Å². The molecule has 1 aromatic carbocycles. The van der Waals surface area contributed by atoms with Gasteiger partial charge in [0, 0.05) is 38.6 Å². The molecule has 1 unspecified atom stereocenters. The molecule has 0 bridgehead atoms. The van der Waals surface area contributed by atoms with Crippen molar-refractivity contribution in [3.05, 3.63) is 35.4 Å². The maximum atomic E-state index is 12.4. The minimum atomic E-state index is 0. The lowest BCUT2D eigenvalue weighted by atomic mass is 10.1. The molecule has 7 heteroatoms. The Morgan fingerprint density at radius 1 is 1.33 bits per heavy atom. The van der Waals surface area contributed by atoms with Gasteiger partial charge in [0.2, 0.25) is 0 Å². The van der Waals surface area contributed by atoms with Gasteiger partial charge in [0.25, 0.3) is 5.91 Å². The molecule has 21 heavy (non-hydrogen) atoms. The monoisotopic (exact) mass is 332 g/mol. The number of amides is 1. The van der Waals surface area contributed by atoms with E-state index in [1.165, 1.54) is 0 Å². The van der Waals surface area contributed by atoms with Crippen molar-refractivity contribution in [3.8, 4) is 0 Å². The van der Waals surface area contributed by atoms with Crippen LogP contribution < -0.4 is 10.9 Å². The molecule has 5 nitrogen and oxygen atoms in total. The Kier molecular flexibility index (Phi) is 7.42. The van der Waals surface area contributed by atoms with Gasteiger partial charge in [-0.15, -0.1) is 24.0 Å². The first kappa shape index (κ1) is 18.2. The first-order chi connectivity index (χ1) is 9.69. The van der Waals surface area contributed by atoms with Gasteiger partial charge in [-0.2, -0.15) is 5.12 Å². The molecule has 1 aliphatic rings. The summed E-state index contributed by atoms with van der Waals surface area (Å²) in [5.74, 6) is 0.556. The molecule has 1 atom stereocenters. The Hall–Kier alpha value is -0.850. The zero-order valence-electron chi connectivity index (χ0n) is 12.3. The molecule has 0 aromatic heterocycles. The van der Waals surface area contributed by atoms with Gasteiger partial charge in [-0.3, -0.25) is 4.79 Å². The van der Waals surface area contributed by atoms with E-state index in [-0.39, 0.29) is 24.4 Å². The molecule has 118 valence electrons. The highest BCUT2D eigenvalue weighted by molar-refractivity contribution is 6.17. The number of carbonyl (C=O) groups excluding carboxylic acids is 1. The molecule has 1 heterocycles. The average molecular weight is 333 g/mol. The molecule has 1 saturated heterocycles. The van der Waals surface area contributed by atoms with Gasteiger partial charge in [-0.25, -0.2) is 10.9 Å². The molecule has 0 aliphatic carbocycles. The number of nitrogens with zero attached hydrogens (tertiary/aromatic N) is 2. The molecule has 2 rings (SSSR count). The van der Waals surface area contributed by atoms with Crippen molar-refractivity contribution in [2.24, 2.45) is 0 Å². The van der Waals surface area contributed by atoms with Crippen molar-refractivity contribution in [2.45, 2.75) is 18.3 Å². The number of carbonyl (C=O) groups is 1. The molecule has 0 saturated carbocycles. The normalized spacial score (nSPS) is 17.9. The number of benzene rings is 1. The second kappa shape index (κ2) is 8.56. The number of hydrogen-bond donors (Lipinski definition) is 2. The molecule has 0 radical (unpaired) electrons. The van der Waals surface area contributed by atoms with Crippen molar-refractivity contribution in [2.75, 3.05) is 27.2 Å². The maximum Gasteiger partial charge on any atom is 0.253 e. The predicted octanol–water partition coefficient (Wildman–Crippen LogP) is 1.63. The molecule has 1 fully saturated rings. The molecule has 1 aromatic rings. The first-order valence-corrected chi connectivity index (χ1v) is 7.31. The Morgan fingerprint density at radius 3 is 2.48 bits per heavy atom. The van der Waals surface area contributed by atoms with Crippen LogP contribution in [0.2, 0.25) is 0 Å². The number of likely N-dealkylation sites (tertiary alicyclic amines) is 1. The Balaban J connectivity index is 0.00000220. The van der Waals surface area contributed by atoms with Crippen LogP contribution in [0, 0.1) is 0 Å². The third kappa shape index (κ3) is 4.31. The summed E-state index contributed by atoms with van der Waals surface area (Å²) < 4.78 is 0. The summed E-state index contributed by atoms with van der Waals surface area (Å²) in [4.78, 5) is 14.3. The summed E-state index contributed by atoms with van der Waals surface area (Å²) in [6, 6.07) is 7.79. The van der Waals surface area contributed by atoms with Gasteiger partial charge >= 0.3 is 0 Å².